The Morgan fingerprint density at radius 3 is 1.90 bits per heavy atom. The SMILES string of the molecule is Cc1ccc(COc2cc(C(=O)O)ccc2OCc2ccc3ccccc3n2)cc1Cl.O=C(O)c1ccc(OCc2nc3ccccc3[nH]2)c(OCc2cccc(Cl)c2Cl)c1. The van der Waals surface area contributed by atoms with Crippen LogP contribution in [0.25, 0.3) is 21.9 Å². The Kier molecular flexibility index (Phi) is 13.5. The number of aromatic amines is 1. The number of rotatable bonds is 14. The van der Waals surface area contributed by atoms with Crippen LogP contribution in [0.4, 0.5) is 0 Å². The monoisotopic (exact) mass is 875 g/mol. The van der Waals surface area contributed by atoms with Crippen molar-refractivity contribution in [3.63, 3.8) is 0 Å². The molecule has 0 saturated heterocycles. The van der Waals surface area contributed by atoms with E-state index in [9.17, 15) is 19.8 Å². The molecule has 2 heterocycles. The van der Waals surface area contributed by atoms with Gasteiger partial charge < -0.3 is 34.1 Å². The molecular formula is C47H36Cl3N3O8. The average molecular weight is 877 g/mol. The van der Waals surface area contributed by atoms with Crippen LogP contribution in [0.1, 0.15) is 48.9 Å². The number of carboxylic acid groups (broad SMARTS) is 2. The first-order valence-electron chi connectivity index (χ1n) is 18.7. The second kappa shape index (κ2) is 19.5. The first kappa shape index (κ1) is 42.3. The number of ether oxygens (including phenoxy) is 4. The van der Waals surface area contributed by atoms with E-state index in [1.165, 1.54) is 24.3 Å². The Bertz CT molecular complexity index is 2830. The highest BCUT2D eigenvalue weighted by Crippen LogP contribution is 2.33. The maximum Gasteiger partial charge on any atom is 0.335 e. The van der Waals surface area contributed by atoms with Gasteiger partial charge >= 0.3 is 11.9 Å². The first-order valence-corrected chi connectivity index (χ1v) is 19.9. The third-order valence-corrected chi connectivity index (χ3v) is 10.5. The van der Waals surface area contributed by atoms with Gasteiger partial charge in [0.25, 0.3) is 0 Å². The molecule has 0 aliphatic carbocycles. The lowest BCUT2D eigenvalue weighted by atomic mass is 10.1. The highest BCUT2D eigenvalue weighted by Gasteiger charge is 2.15. The fraction of sp³-hybridized carbons (Fsp3) is 0.106. The van der Waals surface area contributed by atoms with Gasteiger partial charge in [-0.15, -0.1) is 0 Å². The number of halogens is 3. The van der Waals surface area contributed by atoms with Crippen molar-refractivity contribution in [2.75, 3.05) is 0 Å². The Morgan fingerprint density at radius 2 is 1.21 bits per heavy atom. The molecule has 11 nitrogen and oxygen atoms in total. The Hall–Kier alpha value is -6.79. The van der Waals surface area contributed by atoms with Gasteiger partial charge in [-0.05, 0) is 90.8 Å². The summed E-state index contributed by atoms with van der Waals surface area (Å²) in [6.45, 7) is 2.65. The number of benzene rings is 6. The van der Waals surface area contributed by atoms with E-state index in [0.29, 0.717) is 43.7 Å². The van der Waals surface area contributed by atoms with Crippen LogP contribution in [-0.2, 0) is 26.4 Å². The fourth-order valence-electron chi connectivity index (χ4n) is 6.01. The van der Waals surface area contributed by atoms with Crippen molar-refractivity contribution in [3.05, 3.63) is 188 Å². The van der Waals surface area contributed by atoms with Crippen LogP contribution in [-0.4, -0.2) is 37.1 Å². The Labute approximate surface area is 365 Å². The van der Waals surface area contributed by atoms with Gasteiger partial charge in [0.2, 0.25) is 0 Å². The van der Waals surface area contributed by atoms with E-state index < -0.39 is 11.9 Å². The minimum atomic E-state index is -1.07. The molecule has 0 spiro atoms. The molecule has 0 bridgehead atoms. The number of fused-ring (bicyclic) bond motifs is 2. The van der Waals surface area contributed by atoms with Gasteiger partial charge in [-0.25, -0.2) is 19.6 Å². The summed E-state index contributed by atoms with van der Waals surface area (Å²) >= 11 is 18.4. The molecule has 8 rings (SSSR count). The molecule has 3 N–H and O–H groups in total. The Balaban J connectivity index is 0.000000184. The molecule has 0 atom stereocenters. The number of imidazole rings is 1. The van der Waals surface area contributed by atoms with E-state index in [1.54, 1.807) is 30.3 Å². The lowest BCUT2D eigenvalue weighted by Crippen LogP contribution is -2.04. The van der Waals surface area contributed by atoms with E-state index in [4.69, 9.17) is 53.8 Å². The van der Waals surface area contributed by atoms with Crippen LogP contribution in [0.15, 0.2) is 133 Å². The van der Waals surface area contributed by atoms with Crippen LogP contribution in [0.2, 0.25) is 15.1 Å². The minimum absolute atomic E-state index is 0.0817. The van der Waals surface area contributed by atoms with E-state index in [1.807, 2.05) is 85.8 Å². The van der Waals surface area contributed by atoms with Crippen molar-refractivity contribution in [1.82, 2.24) is 15.0 Å². The van der Waals surface area contributed by atoms with Crippen molar-refractivity contribution >= 4 is 68.7 Å². The number of carboxylic acids is 2. The third kappa shape index (κ3) is 10.9. The van der Waals surface area contributed by atoms with Crippen molar-refractivity contribution in [2.45, 2.75) is 33.4 Å². The van der Waals surface area contributed by atoms with Gasteiger partial charge in [0, 0.05) is 16.0 Å². The maximum atomic E-state index is 11.4. The molecule has 0 saturated carbocycles. The predicted molar refractivity (Wildman–Crippen MR) is 235 cm³/mol. The largest absolute Gasteiger partial charge is 0.485 e. The third-order valence-electron chi connectivity index (χ3n) is 9.26. The van der Waals surface area contributed by atoms with Crippen molar-refractivity contribution in [3.8, 4) is 23.0 Å². The standard InChI is InChI=1S/C25H20ClNO4.C22H16Cl2N2O4/c1-16-6-7-17(12-21(16)26)14-30-24-13-19(25(28)29)9-11-23(24)31-15-20-10-8-18-4-2-3-5-22(18)27-20;23-15-5-3-4-14(21(15)24)11-29-19-10-13(22(27)28)8-9-18(19)30-12-20-25-16-6-1-2-7-17(16)26-20/h2-13H,14-15H2,1H3,(H,28,29);1-10H,11-12H2,(H,25,26)(H,27,28). The maximum absolute atomic E-state index is 11.4. The molecule has 308 valence electrons. The summed E-state index contributed by atoms with van der Waals surface area (Å²) in [6.07, 6.45) is 0. The van der Waals surface area contributed by atoms with Crippen LogP contribution < -0.4 is 18.9 Å². The lowest BCUT2D eigenvalue weighted by molar-refractivity contribution is 0.0685. The number of aromatic nitrogens is 3. The lowest BCUT2D eigenvalue weighted by Gasteiger charge is -2.14. The summed E-state index contributed by atoms with van der Waals surface area (Å²) < 4.78 is 23.5. The molecule has 2 aromatic heterocycles. The zero-order chi connectivity index (χ0) is 42.9. The van der Waals surface area contributed by atoms with E-state index in [2.05, 4.69) is 15.0 Å². The number of pyridine rings is 1. The quantitative estimate of drug-likeness (QED) is 0.0962. The van der Waals surface area contributed by atoms with Crippen LogP contribution in [0.5, 0.6) is 23.0 Å². The second-order valence-electron chi connectivity index (χ2n) is 13.6. The molecule has 0 amide bonds. The van der Waals surface area contributed by atoms with Gasteiger partial charge in [0.1, 0.15) is 32.3 Å². The summed E-state index contributed by atoms with van der Waals surface area (Å²) in [5.74, 6) is -0.00555. The number of carbonyl (C=O) groups is 2. The molecule has 61 heavy (non-hydrogen) atoms. The van der Waals surface area contributed by atoms with Gasteiger partial charge in [-0.3, -0.25) is 0 Å². The molecule has 0 radical (unpaired) electrons. The number of hydrogen-bond donors (Lipinski definition) is 3. The van der Waals surface area contributed by atoms with Crippen LogP contribution in [0.3, 0.4) is 0 Å². The van der Waals surface area contributed by atoms with E-state index in [-0.39, 0.29) is 43.3 Å². The molecular weight excluding hydrogens is 841 g/mol. The zero-order valence-electron chi connectivity index (χ0n) is 32.4. The molecule has 0 aliphatic rings. The highest BCUT2D eigenvalue weighted by molar-refractivity contribution is 6.42. The molecule has 14 heteroatoms. The number of aryl methyl sites for hydroxylation is 1. The minimum Gasteiger partial charge on any atom is -0.485 e. The topological polar surface area (TPSA) is 153 Å². The number of hydrogen-bond acceptors (Lipinski definition) is 8. The number of aromatic carboxylic acids is 2. The van der Waals surface area contributed by atoms with Gasteiger partial charge in [-0.1, -0.05) is 95.5 Å². The summed E-state index contributed by atoms with van der Waals surface area (Å²) in [7, 11) is 0. The molecule has 0 unspecified atom stereocenters. The van der Waals surface area contributed by atoms with E-state index in [0.717, 1.165) is 38.8 Å². The number of para-hydroxylation sites is 3. The smallest absolute Gasteiger partial charge is 0.335 e. The summed E-state index contributed by atoms with van der Waals surface area (Å²) in [4.78, 5) is 35.0. The average Bonchev–Trinajstić information content (AvgIpc) is 3.69. The van der Waals surface area contributed by atoms with Gasteiger partial charge in [0.05, 0.1) is 43.4 Å². The van der Waals surface area contributed by atoms with E-state index >= 15 is 0 Å². The van der Waals surface area contributed by atoms with Gasteiger partial charge in [-0.2, -0.15) is 0 Å². The normalized spacial score (nSPS) is 10.8. The Morgan fingerprint density at radius 1 is 0.574 bits per heavy atom. The molecule has 8 aromatic rings. The number of nitrogens with zero attached hydrogens (tertiary/aromatic N) is 2. The fourth-order valence-corrected chi connectivity index (χ4v) is 6.59. The predicted octanol–water partition coefficient (Wildman–Crippen LogP) is 11.8. The molecule has 6 aromatic carbocycles. The zero-order valence-corrected chi connectivity index (χ0v) is 34.7. The highest BCUT2D eigenvalue weighted by atomic mass is 35.5. The molecule has 0 aliphatic heterocycles. The number of H-pyrrole nitrogens is 1. The van der Waals surface area contributed by atoms with Crippen molar-refractivity contribution < 1.29 is 38.7 Å². The summed E-state index contributed by atoms with van der Waals surface area (Å²) in [5.41, 5.74) is 6.12. The van der Waals surface area contributed by atoms with Crippen molar-refractivity contribution in [2.24, 2.45) is 0 Å². The van der Waals surface area contributed by atoms with Crippen LogP contribution in [0, 0.1) is 6.92 Å². The molecule has 0 fully saturated rings. The second-order valence-corrected chi connectivity index (χ2v) is 14.8. The van der Waals surface area contributed by atoms with Crippen LogP contribution >= 0.6 is 34.8 Å². The summed E-state index contributed by atoms with van der Waals surface area (Å²) in [6, 6.07) is 39.3. The van der Waals surface area contributed by atoms with Crippen molar-refractivity contribution in [1.29, 1.82) is 0 Å². The number of nitrogens with one attached hydrogen (secondary N) is 1. The first-order chi connectivity index (χ1) is 29.5. The van der Waals surface area contributed by atoms with Gasteiger partial charge in [0.15, 0.2) is 23.0 Å². The summed E-state index contributed by atoms with van der Waals surface area (Å²) in [5, 5.41) is 21.1.